The molecule has 0 aromatic heterocycles. The molecule has 2 aromatic carbocycles. The first-order chi connectivity index (χ1) is 13.0. The fraction of sp³-hybridized carbons (Fsp3) is 0.200. The summed E-state index contributed by atoms with van der Waals surface area (Å²) in [5, 5.41) is 0. The number of methoxy groups -OCH3 is 2. The molecule has 0 aliphatic carbocycles. The highest BCUT2D eigenvalue weighted by Crippen LogP contribution is 2.33. The molecule has 27 heavy (non-hydrogen) atoms. The number of rotatable bonds is 6. The highest BCUT2D eigenvalue weighted by atomic mass is 32.2. The molecular weight excluding hydrogens is 385 g/mol. The number of ether oxygens (including phenoxy) is 2. The summed E-state index contributed by atoms with van der Waals surface area (Å²) in [5.74, 6) is 0.870. The monoisotopic (exact) mass is 403 g/mol. The van der Waals surface area contributed by atoms with Crippen LogP contribution in [0.25, 0.3) is 6.08 Å². The molecule has 3 rings (SSSR count). The topological polar surface area (TPSA) is 38.8 Å². The third-order valence-electron chi connectivity index (χ3n) is 4.11. The quantitative estimate of drug-likeness (QED) is 0.532. The Kier molecular flexibility index (Phi) is 6.13. The molecule has 0 N–H and O–H groups in total. The summed E-state index contributed by atoms with van der Waals surface area (Å²) in [6, 6.07) is 11.7. The molecule has 1 amide bonds. The summed E-state index contributed by atoms with van der Waals surface area (Å²) in [5.41, 5.74) is 1.78. The summed E-state index contributed by atoms with van der Waals surface area (Å²) >= 11 is 6.62. The lowest BCUT2D eigenvalue weighted by Crippen LogP contribution is -2.30. The minimum atomic E-state index is -0.311. The van der Waals surface area contributed by atoms with E-state index in [1.54, 1.807) is 37.3 Å². The zero-order valence-electron chi connectivity index (χ0n) is 14.9. The van der Waals surface area contributed by atoms with Crippen molar-refractivity contribution in [1.82, 2.24) is 4.90 Å². The average Bonchev–Trinajstić information content (AvgIpc) is 2.94. The van der Waals surface area contributed by atoms with Gasteiger partial charge in [0.2, 0.25) is 0 Å². The highest BCUT2D eigenvalue weighted by molar-refractivity contribution is 8.26. The highest BCUT2D eigenvalue weighted by Gasteiger charge is 2.31. The summed E-state index contributed by atoms with van der Waals surface area (Å²) in [4.78, 5) is 14.8. The Morgan fingerprint density at radius 3 is 2.48 bits per heavy atom. The van der Waals surface area contributed by atoms with Crippen LogP contribution in [0.15, 0.2) is 47.4 Å². The van der Waals surface area contributed by atoms with Gasteiger partial charge < -0.3 is 9.47 Å². The number of nitrogens with zero attached hydrogens (tertiary/aromatic N) is 1. The van der Waals surface area contributed by atoms with E-state index >= 15 is 0 Å². The van der Waals surface area contributed by atoms with E-state index in [-0.39, 0.29) is 11.7 Å². The molecule has 140 valence electrons. The molecule has 0 spiro atoms. The molecule has 0 saturated carbocycles. The Morgan fingerprint density at radius 1 is 1.11 bits per heavy atom. The van der Waals surface area contributed by atoms with Crippen LogP contribution in [0.3, 0.4) is 0 Å². The summed E-state index contributed by atoms with van der Waals surface area (Å²) in [7, 11) is 3.18. The number of thiocarbonyl (C=S) groups is 1. The Morgan fingerprint density at radius 2 is 1.81 bits per heavy atom. The van der Waals surface area contributed by atoms with Crippen LogP contribution in [0.1, 0.15) is 11.1 Å². The Balaban J connectivity index is 1.70. The lowest BCUT2D eigenvalue weighted by Gasteiger charge is -2.15. The number of hydrogen-bond acceptors (Lipinski definition) is 5. The Hall–Kier alpha value is -2.38. The Labute approximate surface area is 167 Å². The van der Waals surface area contributed by atoms with Gasteiger partial charge in [-0.1, -0.05) is 42.2 Å². The molecule has 1 heterocycles. The number of amides is 1. The number of carbonyl (C=O) groups excluding carboxylic acids is 1. The van der Waals surface area contributed by atoms with E-state index in [0.29, 0.717) is 33.7 Å². The van der Waals surface area contributed by atoms with Crippen molar-refractivity contribution in [2.75, 3.05) is 20.8 Å². The van der Waals surface area contributed by atoms with Gasteiger partial charge >= 0.3 is 0 Å². The number of thioether (sulfide) groups is 1. The van der Waals surface area contributed by atoms with Gasteiger partial charge in [0.1, 0.15) is 10.1 Å². The van der Waals surface area contributed by atoms with Crippen LogP contribution in [-0.2, 0) is 11.2 Å². The van der Waals surface area contributed by atoms with Crippen LogP contribution in [0.5, 0.6) is 11.5 Å². The number of benzene rings is 2. The molecule has 0 unspecified atom stereocenters. The lowest BCUT2D eigenvalue weighted by molar-refractivity contribution is -0.122. The van der Waals surface area contributed by atoms with Gasteiger partial charge in [-0.05, 0) is 47.9 Å². The average molecular weight is 404 g/mol. The van der Waals surface area contributed by atoms with E-state index in [2.05, 4.69) is 0 Å². The maximum absolute atomic E-state index is 13.0. The van der Waals surface area contributed by atoms with Crippen LogP contribution in [0.2, 0.25) is 0 Å². The predicted octanol–water partition coefficient (Wildman–Crippen LogP) is 4.29. The summed E-state index contributed by atoms with van der Waals surface area (Å²) in [6.07, 6.45) is 2.37. The van der Waals surface area contributed by atoms with Gasteiger partial charge in [-0.15, -0.1) is 0 Å². The fourth-order valence-corrected chi connectivity index (χ4v) is 3.99. The minimum Gasteiger partial charge on any atom is -0.493 e. The molecule has 0 bridgehead atoms. The first kappa shape index (κ1) is 19.4. The van der Waals surface area contributed by atoms with Gasteiger partial charge in [-0.3, -0.25) is 9.69 Å². The van der Waals surface area contributed by atoms with Crippen molar-refractivity contribution in [2.45, 2.75) is 6.42 Å². The normalized spacial score (nSPS) is 15.5. The van der Waals surface area contributed by atoms with Crippen molar-refractivity contribution in [3.05, 3.63) is 64.3 Å². The van der Waals surface area contributed by atoms with Crippen LogP contribution < -0.4 is 9.47 Å². The van der Waals surface area contributed by atoms with E-state index < -0.39 is 0 Å². The van der Waals surface area contributed by atoms with Crippen molar-refractivity contribution in [1.29, 1.82) is 0 Å². The predicted molar refractivity (Wildman–Crippen MR) is 110 cm³/mol. The second-order valence-electron chi connectivity index (χ2n) is 5.82. The summed E-state index contributed by atoms with van der Waals surface area (Å²) in [6.45, 7) is 0.473. The molecular formula is C20H18FNO3S2. The maximum atomic E-state index is 13.0. The van der Waals surface area contributed by atoms with Crippen LogP contribution in [-0.4, -0.2) is 35.9 Å². The zero-order valence-corrected chi connectivity index (χ0v) is 16.5. The fourth-order valence-electron chi connectivity index (χ4n) is 2.68. The lowest BCUT2D eigenvalue weighted by atomic mass is 10.1. The smallest absolute Gasteiger partial charge is 0.266 e. The van der Waals surface area contributed by atoms with Crippen molar-refractivity contribution in [3.63, 3.8) is 0 Å². The van der Waals surface area contributed by atoms with Gasteiger partial charge in [0.05, 0.1) is 19.1 Å². The van der Waals surface area contributed by atoms with Crippen molar-refractivity contribution in [3.8, 4) is 11.5 Å². The van der Waals surface area contributed by atoms with Gasteiger partial charge in [-0.25, -0.2) is 4.39 Å². The summed E-state index contributed by atoms with van der Waals surface area (Å²) < 4.78 is 24.1. The number of hydrogen-bond donors (Lipinski definition) is 0. The molecule has 1 fully saturated rings. The van der Waals surface area contributed by atoms with E-state index in [1.165, 1.54) is 23.9 Å². The van der Waals surface area contributed by atoms with Gasteiger partial charge in [0.15, 0.2) is 11.5 Å². The Bertz CT molecular complexity index is 897. The van der Waals surface area contributed by atoms with Crippen LogP contribution in [0, 0.1) is 5.82 Å². The molecule has 0 atom stereocenters. The molecule has 1 saturated heterocycles. The van der Waals surface area contributed by atoms with Crippen molar-refractivity contribution >= 4 is 40.3 Å². The zero-order chi connectivity index (χ0) is 19.4. The van der Waals surface area contributed by atoms with Gasteiger partial charge in [-0.2, -0.15) is 0 Å². The molecule has 1 aliphatic heterocycles. The third-order valence-corrected chi connectivity index (χ3v) is 5.49. The second kappa shape index (κ2) is 8.54. The van der Waals surface area contributed by atoms with E-state index in [0.717, 1.165) is 11.1 Å². The molecule has 2 aromatic rings. The minimum absolute atomic E-state index is 0.130. The van der Waals surface area contributed by atoms with Gasteiger partial charge in [0, 0.05) is 6.54 Å². The standard InChI is InChI=1S/C20H18FNO3S2/c1-24-16-8-5-14(11-17(16)25-2)9-10-22-19(23)18(27-20(22)26)12-13-3-6-15(21)7-4-13/h3-8,11-12H,9-10H2,1-2H3/b18-12-. The first-order valence-electron chi connectivity index (χ1n) is 8.23. The third kappa shape index (κ3) is 4.48. The second-order valence-corrected chi connectivity index (χ2v) is 7.50. The largest absolute Gasteiger partial charge is 0.493 e. The maximum Gasteiger partial charge on any atom is 0.266 e. The number of carbonyl (C=O) groups is 1. The SMILES string of the molecule is COc1ccc(CCN2C(=O)/C(=C/c3ccc(F)cc3)SC2=S)cc1OC. The first-order valence-corrected chi connectivity index (χ1v) is 9.46. The number of halogens is 1. The molecule has 4 nitrogen and oxygen atoms in total. The van der Waals surface area contributed by atoms with E-state index in [4.69, 9.17) is 21.7 Å². The van der Waals surface area contributed by atoms with Gasteiger partial charge in [0.25, 0.3) is 5.91 Å². The van der Waals surface area contributed by atoms with Crippen LogP contribution in [0.4, 0.5) is 4.39 Å². The van der Waals surface area contributed by atoms with E-state index in [9.17, 15) is 9.18 Å². The van der Waals surface area contributed by atoms with E-state index in [1.807, 2.05) is 18.2 Å². The van der Waals surface area contributed by atoms with Crippen molar-refractivity contribution < 1.29 is 18.7 Å². The van der Waals surface area contributed by atoms with Crippen LogP contribution >= 0.6 is 24.0 Å². The molecule has 1 aliphatic rings. The molecule has 7 heteroatoms. The molecule has 0 radical (unpaired) electrons. The van der Waals surface area contributed by atoms with Crippen molar-refractivity contribution in [2.24, 2.45) is 0 Å².